The van der Waals surface area contributed by atoms with Crippen LogP contribution in [0.2, 0.25) is 0 Å². The van der Waals surface area contributed by atoms with Crippen molar-refractivity contribution in [2.45, 2.75) is 17.7 Å². The molecule has 0 radical (unpaired) electrons. The molecule has 0 bridgehead atoms. The number of imide groups is 1. The largest absolute Gasteiger partial charge is 0.281 e. The van der Waals surface area contributed by atoms with Gasteiger partial charge in [0.1, 0.15) is 5.82 Å². The average Bonchev–Trinajstić information content (AvgIpc) is 2.89. The van der Waals surface area contributed by atoms with Crippen molar-refractivity contribution < 1.29 is 22.4 Å². The van der Waals surface area contributed by atoms with Crippen LogP contribution in [0.5, 0.6) is 0 Å². The van der Waals surface area contributed by atoms with Gasteiger partial charge in [-0.2, -0.15) is 0 Å². The van der Waals surface area contributed by atoms with Gasteiger partial charge < -0.3 is 0 Å². The summed E-state index contributed by atoms with van der Waals surface area (Å²) in [7, 11) is -3.56. The highest BCUT2D eigenvalue weighted by atomic mass is 32.2. The third-order valence-corrected chi connectivity index (χ3v) is 6.13. The molecule has 136 valence electrons. The third kappa shape index (κ3) is 3.99. The summed E-state index contributed by atoms with van der Waals surface area (Å²) in [6, 6.07) is 13.7. The molecule has 2 aromatic carbocycles. The quantitative estimate of drug-likeness (QED) is 0.726. The molecule has 0 saturated carbocycles. The van der Waals surface area contributed by atoms with Crippen LogP contribution in [0.15, 0.2) is 59.5 Å². The lowest BCUT2D eigenvalue weighted by Gasteiger charge is -2.15. The highest BCUT2D eigenvalue weighted by Crippen LogP contribution is 2.24. The van der Waals surface area contributed by atoms with Crippen molar-refractivity contribution in [1.29, 1.82) is 0 Å². The van der Waals surface area contributed by atoms with E-state index in [0.29, 0.717) is 6.42 Å². The fourth-order valence-corrected chi connectivity index (χ4v) is 4.24. The Labute approximate surface area is 151 Å². The first-order valence-electron chi connectivity index (χ1n) is 8.23. The zero-order valence-electron chi connectivity index (χ0n) is 14.0. The molecule has 26 heavy (non-hydrogen) atoms. The van der Waals surface area contributed by atoms with E-state index in [4.69, 9.17) is 0 Å². The molecule has 0 N–H and O–H groups in total. The topological polar surface area (TPSA) is 71.5 Å². The standard InChI is InChI=1S/C19H18FNO4S/c20-16-8-6-14(7-9-16)12-15-13-18(22)21(19(15)23)10-11-26(24,25)17-4-2-1-3-5-17/h1-9,15H,10-13H2. The Morgan fingerprint density at radius 1 is 1.00 bits per heavy atom. The van der Waals surface area contributed by atoms with E-state index in [0.717, 1.165) is 10.5 Å². The van der Waals surface area contributed by atoms with Gasteiger partial charge in [-0.15, -0.1) is 0 Å². The van der Waals surface area contributed by atoms with Crippen molar-refractivity contribution >= 4 is 21.7 Å². The van der Waals surface area contributed by atoms with Crippen molar-refractivity contribution in [2.24, 2.45) is 5.92 Å². The van der Waals surface area contributed by atoms with Crippen LogP contribution in [0.1, 0.15) is 12.0 Å². The van der Waals surface area contributed by atoms with Crippen LogP contribution < -0.4 is 0 Å². The van der Waals surface area contributed by atoms with Gasteiger partial charge >= 0.3 is 0 Å². The van der Waals surface area contributed by atoms with Crippen LogP contribution in [0.3, 0.4) is 0 Å². The third-order valence-electron chi connectivity index (χ3n) is 4.42. The fraction of sp³-hybridized carbons (Fsp3) is 0.263. The Kier molecular flexibility index (Phi) is 5.18. The second kappa shape index (κ2) is 7.37. The Bertz CT molecular complexity index is 910. The van der Waals surface area contributed by atoms with Crippen LogP contribution in [-0.4, -0.2) is 37.4 Å². The number of carbonyl (C=O) groups is 2. The van der Waals surface area contributed by atoms with E-state index in [9.17, 15) is 22.4 Å². The van der Waals surface area contributed by atoms with Gasteiger partial charge in [-0.1, -0.05) is 30.3 Å². The van der Waals surface area contributed by atoms with E-state index in [1.807, 2.05) is 0 Å². The van der Waals surface area contributed by atoms with Crippen molar-refractivity contribution in [3.8, 4) is 0 Å². The smallest absolute Gasteiger partial charge is 0.233 e. The van der Waals surface area contributed by atoms with E-state index in [2.05, 4.69) is 0 Å². The van der Waals surface area contributed by atoms with Crippen LogP contribution in [0.4, 0.5) is 4.39 Å². The summed E-state index contributed by atoms with van der Waals surface area (Å²) in [5.41, 5.74) is 0.760. The van der Waals surface area contributed by atoms with Crippen molar-refractivity contribution in [1.82, 2.24) is 4.90 Å². The van der Waals surface area contributed by atoms with Crippen LogP contribution >= 0.6 is 0 Å². The van der Waals surface area contributed by atoms with E-state index in [1.165, 1.54) is 24.3 Å². The predicted molar refractivity (Wildman–Crippen MR) is 93.4 cm³/mol. The first-order chi connectivity index (χ1) is 12.4. The average molecular weight is 375 g/mol. The molecule has 1 heterocycles. The zero-order valence-corrected chi connectivity index (χ0v) is 14.8. The molecule has 5 nitrogen and oxygen atoms in total. The fourth-order valence-electron chi connectivity index (χ4n) is 3.01. The minimum Gasteiger partial charge on any atom is -0.281 e. The summed E-state index contributed by atoms with van der Waals surface area (Å²) >= 11 is 0. The van der Waals surface area contributed by atoms with E-state index in [1.54, 1.807) is 30.3 Å². The molecule has 1 saturated heterocycles. The molecule has 1 atom stereocenters. The number of benzene rings is 2. The van der Waals surface area contributed by atoms with Gasteiger partial charge in [0.05, 0.1) is 16.6 Å². The maximum absolute atomic E-state index is 13.0. The van der Waals surface area contributed by atoms with Crippen LogP contribution in [0, 0.1) is 11.7 Å². The Balaban J connectivity index is 1.65. The maximum atomic E-state index is 13.0. The van der Waals surface area contributed by atoms with E-state index in [-0.39, 0.29) is 41.2 Å². The second-order valence-electron chi connectivity index (χ2n) is 6.25. The summed E-state index contributed by atoms with van der Waals surface area (Å²) in [6.07, 6.45) is 0.369. The molecule has 3 rings (SSSR count). The lowest BCUT2D eigenvalue weighted by atomic mass is 9.98. The lowest BCUT2D eigenvalue weighted by molar-refractivity contribution is -0.138. The predicted octanol–water partition coefficient (Wildman–Crippen LogP) is 2.22. The molecular weight excluding hydrogens is 357 g/mol. The number of nitrogens with zero attached hydrogens (tertiary/aromatic N) is 1. The number of sulfone groups is 1. The SMILES string of the molecule is O=C1CC(Cc2ccc(F)cc2)C(=O)N1CCS(=O)(=O)c1ccccc1. The number of halogens is 1. The Morgan fingerprint density at radius 2 is 1.65 bits per heavy atom. The maximum Gasteiger partial charge on any atom is 0.233 e. The highest BCUT2D eigenvalue weighted by Gasteiger charge is 2.38. The van der Waals surface area contributed by atoms with Crippen molar-refractivity contribution in [2.75, 3.05) is 12.3 Å². The van der Waals surface area contributed by atoms with Gasteiger partial charge in [-0.05, 0) is 36.2 Å². The van der Waals surface area contributed by atoms with E-state index < -0.39 is 15.8 Å². The lowest BCUT2D eigenvalue weighted by Crippen LogP contribution is -2.35. The van der Waals surface area contributed by atoms with Crippen molar-refractivity contribution in [3.63, 3.8) is 0 Å². The molecular formula is C19H18FNO4S. The number of hydrogen-bond donors (Lipinski definition) is 0. The minimum absolute atomic E-state index is 0.0432. The normalized spacial score (nSPS) is 17.7. The molecule has 1 unspecified atom stereocenters. The van der Waals surface area contributed by atoms with E-state index >= 15 is 0 Å². The number of hydrogen-bond acceptors (Lipinski definition) is 4. The molecule has 2 amide bonds. The van der Waals surface area contributed by atoms with Crippen molar-refractivity contribution in [3.05, 3.63) is 66.0 Å². The molecule has 0 aromatic heterocycles. The number of rotatable bonds is 6. The van der Waals surface area contributed by atoms with Crippen LogP contribution in [0.25, 0.3) is 0 Å². The Hall–Kier alpha value is -2.54. The molecule has 1 fully saturated rings. The molecule has 2 aromatic rings. The molecule has 7 heteroatoms. The zero-order chi connectivity index (χ0) is 18.7. The summed E-state index contributed by atoms with van der Waals surface area (Å²) in [4.78, 5) is 25.8. The number of carbonyl (C=O) groups excluding carboxylic acids is 2. The minimum atomic E-state index is -3.56. The van der Waals surface area contributed by atoms with Gasteiger partial charge in [0.2, 0.25) is 11.8 Å². The first kappa shape index (κ1) is 18.3. The summed E-state index contributed by atoms with van der Waals surface area (Å²) in [5.74, 6) is -1.95. The Morgan fingerprint density at radius 3 is 2.31 bits per heavy atom. The molecule has 0 aliphatic carbocycles. The van der Waals surface area contributed by atoms with Gasteiger partial charge in [-0.25, -0.2) is 12.8 Å². The van der Waals surface area contributed by atoms with Gasteiger partial charge in [0.15, 0.2) is 9.84 Å². The molecule has 0 spiro atoms. The first-order valence-corrected chi connectivity index (χ1v) is 9.88. The summed E-state index contributed by atoms with van der Waals surface area (Å²) in [5, 5.41) is 0. The molecule has 1 aliphatic heterocycles. The number of amides is 2. The second-order valence-corrected chi connectivity index (χ2v) is 8.36. The summed E-state index contributed by atoms with van der Waals surface area (Å²) < 4.78 is 37.6. The monoisotopic (exact) mass is 375 g/mol. The number of likely N-dealkylation sites (tertiary alicyclic amines) is 1. The highest BCUT2D eigenvalue weighted by molar-refractivity contribution is 7.91. The van der Waals surface area contributed by atoms with Gasteiger partial charge in [0, 0.05) is 13.0 Å². The summed E-state index contributed by atoms with van der Waals surface area (Å²) in [6.45, 7) is -0.158. The van der Waals surface area contributed by atoms with Crippen LogP contribution in [-0.2, 0) is 25.8 Å². The molecule has 1 aliphatic rings. The van der Waals surface area contributed by atoms with Gasteiger partial charge in [0.25, 0.3) is 0 Å². The van der Waals surface area contributed by atoms with Gasteiger partial charge in [-0.3, -0.25) is 14.5 Å².